The molecule has 0 spiro atoms. The highest BCUT2D eigenvalue weighted by Gasteiger charge is 2.19. The Morgan fingerprint density at radius 1 is 0.833 bits per heavy atom. The molecule has 2 rings (SSSR count). The van der Waals surface area contributed by atoms with Gasteiger partial charge in [0.2, 0.25) is 9.84 Å². The minimum absolute atomic E-state index is 0.0840. The SMILES string of the molecule is O=S(=O)(c1ccc(O)cc1)c1ccc(F)c(F)c1. The smallest absolute Gasteiger partial charge is 0.206 e. The minimum atomic E-state index is -3.91. The highest BCUT2D eigenvalue weighted by Crippen LogP contribution is 2.23. The molecule has 2 aromatic carbocycles. The Kier molecular flexibility index (Phi) is 3.04. The summed E-state index contributed by atoms with van der Waals surface area (Å²) in [5, 5.41) is 9.07. The molecule has 0 bridgehead atoms. The zero-order valence-corrected chi connectivity index (χ0v) is 9.79. The summed E-state index contributed by atoms with van der Waals surface area (Å²) >= 11 is 0. The topological polar surface area (TPSA) is 54.4 Å². The third-order valence-corrected chi connectivity index (χ3v) is 4.12. The molecule has 3 nitrogen and oxygen atoms in total. The van der Waals surface area contributed by atoms with Gasteiger partial charge in [0, 0.05) is 0 Å². The average Bonchev–Trinajstić information content (AvgIpc) is 2.33. The Morgan fingerprint density at radius 2 is 1.39 bits per heavy atom. The molecule has 0 atom stereocenters. The van der Waals surface area contributed by atoms with Gasteiger partial charge in [-0.1, -0.05) is 0 Å². The van der Waals surface area contributed by atoms with Crippen molar-refractivity contribution in [2.75, 3.05) is 0 Å². The molecule has 0 radical (unpaired) electrons. The summed E-state index contributed by atoms with van der Waals surface area (Å²) in [5.41, 5.74) is 0. The number of benzene rings is 2. The molecule has 0 fully saturated rings. The molecule has 0 heterocycles. The molecule has 0 saturated heterocycles. The molecule has 0 unspecified atom stereocenters. The van der Waals surface area contributed by atoms with Crippen LogP contribution in [-0.4, -0.2) is 13.5 Å². The van der Waals surface area contributed by atoms with Crippen LogP contribution in [0.1, 0.15) is 0 Å². The van der Waals surface area contributed by atoms with Crippen LogP contribution in [0, 0.1) is 11.6 Å². The van der Waals surface area contributed by atoms with Gasteiger partial charge in [-0.25, -0.2) is 17.2 Å². The van der Waals surface area contributed by atoms with Crippen molar-refractivity contribution in [2.24, 2.45) is 0 Å². The summed E-state index contributed by atoms with van der Waals surface area (Å²) < 4.78 is 49.8. The molecule has 0 saturated carbocycles. The molecule has 0 aliphatic carbocycles. The number of rotatable bonds is 2. The lowest BCUT2D eigenvalue weighted by molar-refractivity contribution is 0.474. The van der Waals surface area contributed by atoms with E-state index in [2.05, 4.69) is 0 Å². The van der Waals surface area contributed by atoms with Crippen LogP contribution in [0.25, 0.3) is 0 Å². The van der Waals surface area contributed by atoms with Crippen molar-refractivity contribution >= 4 is 9.84 Å². The van der Waals surface area contributed by atoms with Gasteiger partial charge in [0.15, 0.2) is 11.6 Å². The van der Waals surface area contributed by atoms with E-state index in [0.717, 1.165) is 12.1 Å². The van der Waals surface area contributed by atoms with Gasteiger partial charge in [-0.2, -0.15) is 0 Å². The van der Waals surface area contributed by atoms with E-state index in [-0.39, 0.29) is 15.5 Å². The van der Waals surface area contributed by atoms with Gasteiger partial charge in [-0.3, -0.25) is 0 Å². The molecule has 0 aliphatic rings. The Balaban J connectivity index is 2.54. The summed E-state index contributed by atoms with van der Waals surface area (Å²) in [6, 6.07) is 7.14. The van der Waals surface area contributed by atoms with Gasteiger partial charge in [-0.15, -0.1) is 0 Å². The maximum Gasteiger partial charge on any atom is 0.206 e. The second-order valence-corrected chi connectivity index (χ2v) is 5.52. The average molecular weight is 270 g/mol. The van der Waals surface area contributed by atoms with Gasteiger partial charge in [0.05, 0.1) is 9.79 Å². The summed E-state index contributed by atoms with van der Waals surface area (Å²) in [6.07, 6.45) is 0. The van der Waals surface area contributed by atoms with E-state index in [4.69, 9.17) is 5.11 Å². The molecular formula is C12H8F2O3S. The maximum absolute atomic E-state index is 13.0. The van der Waals surface area contributed by atoms with Crippen molar-refractivity contribution in [3.8, 4) is 5.75 Å². The monoisotopic (exact) mass is 270 g/mol. The van der Waals surface area contributed by atoms with Gasteiger partial charge in [0.1, 0.15) is 5.75 Å². The largest absolute Gasteiger partial charge is 0.508 e. The van der Waals surface area contributed by atoms with Crippen molar-refractivity contribution in [2.45, 2.75) is 9.79 Å². The van der Waals surface area contributed by atoms with Gasteiger partial charge in [0.25, 0.3) is 0 Å². The quantitative estimate of drug-likeness (QED) is 0.853. The van der Waals surface area contributed by atoms with Crippen LogP contribution in [0.4, 0.5) is 8.78 Å². The molecule has 1 N–H and O–H groups in total. The van der Waals surface area contributed by atoms with E-state index < -0.39 is 21.5 Å². The highest BCUT2D eigenvalue weighted by atomic mass is 32.2. The number of halogens is 2. The first-order valence-electron chi connectivity index (χ1n) is 4.90. The number of phenols is 1. The van der Waals surface area contributed by atoms with Crippen LogP contribution < -0.4 is 0 Å². The lowest BCUT2D eigenvalue weighted by Crippen LogP contribution is -2.02. The standard InChI is InChI=1S/C12H8F2O3S/c13-11-6-5-10(7-12(11)14)18(16,17)9-3-1-8(15)2-4-9/h1-7,15H. The normalized spacial score (nSPS) is 11.4. The van der Waals surface area contributed by atoms with E-state index in [1.807, 2.05) is 0 Å². The van der Waals surface area contributed by atoms with Crippen molar-refractivity contribution in [1.82, 2.24) is 0 Å². The number of phenolic OH excluding ortho intramolecular Hbond substituents is 1. The Labute approximate surface area is 102 Å². The molecule has 0 aromatic heterocycles. The highest BCUT2D eigenvalue weighted by molar-refractivity contribution is 7.91. The van der Waals surface area contributed by atoms with E-state index >= 15 is 0 Å². The van der Waals surface area contributed by atoms with Crippen molar-refractivity contribution in [1.29, 1.82) is 0 Å². The summed E-state index contributed by atoms with van der Waals surface area (Å²) in [6.45, 7) is 0. The number of sulfone groups is 1. The van der Waals surface area contributed by atoms with Crippen molar-refractivity contribution in [3.63, 3.8) is 0 Å². The zero-order valence-electron chi connectivity index (χ0n) is 8.97. The van der Waals surface area contributed by atoms with Crippen molar-refractivity contribution < 1.29 is 22.3 Å². The number of aromatic hydroxyl groups is 1. The first-order chi connectivity index (χ1) is 8.41. The van der Waals surface area contributed by atoms with Crippen LogP contribution in [0.15, 0.2) is 52.3 Å². The minimum Gasteiger partial charge on any atom is -0.508 e. The lowest BCUT2D eigenvalue weighted by Gasteiger charge is -2.05. The van der Waals surface area contributed by atoms with Gasteiger partial charge < -0.3 is 5.11 Å². The first kappa shape index (κ1) is 12.5. The predicted molar refractivity (Wildman–Crippen MR) is 59.9 cm³/mol. The van der Waals surface area contributed by atoms with E-state index in [1.54, 1.807) is 0 Å². The van der Waals surface area contributed by atoms with E-state index in [0.29, 0.717) is 6.07 Å². The van der Waals surface area contributed by atoms with Crippen LogP contribution in [0.2, 0.25) is 0 Å². The summed E-state index contributed by atoms with van der Waals surface area (Å²) in [5.74, 6) is -2.42. The van der Waals surface area contributed by atoms with Crippen LogP contribution in [0.3, 0.4) is 0 Å². The lowest BCUT2D eigenvalue weighted by atomic mass is 10.3. The predicted octanol–water partition coefficient (Wildman–Crippen LogP) is 2.50. The van der Waals surface area contributed by atoms with Crippen LogP contribution in [-0.2, 0) is 9.84 Å². The Morgan fingerprint density at radius 3 is 1.94 bits per heavy atom. The zero-order chi connectivity index (χ0) is 13.3. The van der Waals surface area contributed by atoms with Crippen LogP contribution in [0.5, 0.6) is 5.75 Å². The third-order valence-electron chi connectivity index (χ3n) is 2.35. The Bertz CT molecular complexity index is 679. The molecule has 18 heavy (non-hydrogen) atoms. The Hall–Kier alpha value is -1.95. The first-order valence-corrected chi connectivity index (χ1v) is 6.39. The number of hydrogen-bond acceptors (Lipinski definition) is 3. The third kappa shape index (κ3) is 2.19. The van der Waals surface area contributed by atoms with E-state index in [1.165, 1.54) is 24.3 Å². The fourth-order valence-corrected chi connectivity index (χ4v) is 2.68. The van der Waals surface area contributed by atoms with Crippen LogP contribution >= 0.6 is 0 Å². The summed E-state index contributed by atoms with van der Waals surface area (Å²) in [7, 11) is -3.91. The van der Waals surface area contributed by atoms with E-state index in [9.17, 15) is 17.2 Å². The summed E-state index contributed by atoms with van der Waals surface area (Å²) in [4.78, 5) is -0.446. The molecule has 0 aliphatic heterocycles. The van der Waals surface area contributed by atoms with Gasteiger partial charge >= 0.3 is 0 Å². The molecule has 0 amide bonds. The second-order valence-electron chi connectivity index (χ2n) is 3.57. The van der Waals surface area contributed by atoms with Crippen molar-refractivity contribution in [3.05, 3.63) is 54.1 Å². The molecule has 6 heteroatoms. The maximum atomic E-state index is 13.0. The fourth-order valence-electron chi connectivity index (χ4n) is 1.41. The molecular weight excluding hydrogens is 262 g/mol. The molecule has 2 aromatic rings. The molecule has 94 valence electrons. The number of hydrogen-bond donors (Lipinski definition) is 1. The fraction of sp³-hybridized carbons (Fsp3) is 0. The second kappa shape index (κ2) is 4.38. The van der Waals surface area contributed by atoms with Gasteiger partial charge in [-0.05, 0) is 42.5 Å².